The zero-order valence-electron chi connectivity index (χ0n) is 9.97. The molecule has 17 heavy (non-hydrogen) atoms. The van der Waals surface area contributed by atoms with E-state index in [1.807, 2.05) is 6.92 Å². The highest BCUT2D eigenvalue weighted by Gasteiger charge is 2.11. The van der Waals surface area contributed by atoms with Crippen LogP contribution in [0.2, 0.25) is 0 Å². The van der Waals surface area contributed by atoms with Crippen LogP contribution < -0.4 is 10.1 Å². The summed E-state index contributed by atoms with van der Waals surface area (Å²) in [5, 5.41) is 13.9. The summed E-state index contributed by atoms with van der Waals surface area (Å²) in [6.07, 6.45) is 2.58. The zero-order valence-corrected chi connectivity index (χ0v) is 9.97. The Hall–Kier alpha value is -2.04. The fourth-order valence-corrected chi connectivity index (χ4v) is 1.48. The summed E-state index contributed by atoms with van der Waals surface area (Å²) >= 11 is 0. The van der Waals surface area contributed by atoms with Gasteiger partial charge in [0, 0.05) is 23.9 Å². The summed E-state index contributed by atoms with van der Waals surface area (Å²) in [6.45, 7) is 5.63. The van der Waals surface area contributed by atoms with E-state index in [2.05, 4.69) is 11.9 Å². The molecule has 0 aliphatic heterocycles. The summed E-state index contributed by atoms with van der Waals surface area (Å²) in [5.74, 6) is 0.465. The van der Waals surface area contributed by atoms with Crippen molar-refractivity contribution in [1.29, 1.82) is 0 Å². The molecule has 0 heterocycles. The third-order valence-electron chi connectivity index (χ3n) is 2.27. The number of hydrogen-bond donors (Lipinski definition) is 1. The van der Waals surface area contributed by atoms with Crippen LogP contribution in [-0.2, 0) is 0 Å². The average molecular weight is 236 g/mol. The largest absolute Gasteiger partial charge is 0.496 e. The van der Waals surface area contributed by atoms with Crippen LogP contribution in [0.5, 0.6) is 5.75 Å². The molecule has 0 radical (unpaired) electrons. The first-order valence-corrected chi connectivity index (χ1v) is 5.27. The Morgan fingerprint density at radius 3 is 2.82 bits per heavy atom. The Labute approximate surface area is 100 Å². The highest BCUT2D eigenvalue weighted by atomic mass is 16.6. The fraction of sp³-hybridized carbons (Fsp3) is 0.333. The lowest BCUT2D eigenvalue weighted by Gasteiger charge is -2.13. The molecule has 0 saturated heterocycles. The van der Waals surface area contributed by atoms with E-state index >= 15 is 0 Å². The smallest absolute Gasteiger partial charge is 0.275 e. The van der Waals surface area contributed by atoms with Crippen molar-refractivity contribution in [2.24, 2.45) is 0 Å². The van der Waals surface area contributed by atoms with Crippen LogP contribution >= 0.6 is 0 Å². The van der Waals surface area contributed by atoms with Gasteiger partial charge >= 0.3 is 0 Å². The van der Waals surface area contributed by atoms with Gasteiger partial charge in [-0.25, -0.2) is 0 Å². The van der Waals surface area contributed by atoms with Gasteiger partial charge in [0.2, 0.25) is 0 Å². The van der Waals surface area contributed by atoms with Crippen molar-refractivity contribution >= 4 is 11.4 Å². The molecule has 92 valence electrons. The lowest BCUT2D eigenvalue weighted by atomic mass is 10.2. The molecule has 1 unspecified atom stereocenters. The quantitative estimate of drug-likeness (QED) is 0.468. The highest BCUT2D eigenvalue weighted by molar-refractivity contribution is 5.56. The number of benzene rings is 1. The SMILES string of the molecule is C=CCC(C)Nc1cc(OC)cc([N+](=O)[O-])c1. The van der Waals surface area contributed by atoms with Gasteiger partial charge in [0.15, 0.2) is 0 Å². The van der Waals surface area contributed by atoms with Crippen LogP contribution in [0.25, 0.3) is 0 Å². The number of ether oxygens (including phenoxy) is 1. The van der Waals surface area contributed by atoms with E-state index in [9.17, 15) is 10.1 Å². The van der Waals surface area contributed by atoms with Gasteiger partial charge < -0.3 is 10.1 Å². The van der Waals surface area contributed by atoms with Crippen molar-refractivity contribution in [2.45, 2.75) is 19.4 Å². The Bertz CT molecular complexity index is 418. The molecule has 1 aromatic carbocycles. The van der Waals surface area contributed by atoms with E-state index < -0.39 is 4.92 Å². The summed E-state index contributed by atoms with van der Waals surface area (Å²) in [6, 6.07) is 4.78. The maximum absolute atomic E-state index is 10.7. The number of nitrogens with one attached hydrogen (secondary N) is 1. The Kier molecular flexibility index (Phi) is 4.51. The Morgan fingerprint density at radius 1 is 1.59 bits per heavy atom. The second-order valence-electron chi connectivity index (χ2n) is 3.75. The van der Waals surface area contributed by atoms with E-state index in [1.54, 1.807) is 12.1 Å². The van der Waals surface area contributed by atoms with Gasteiger partial charge in [-0.05, 0) is 13.3 Å². The lowest BCUT2D eigenvalue weighted by molar-refractivity contribution is -0.384. The number of anilines is 1. The maximum atomic E-state index is 10.7. The molecule has 0 aliphatic rings. The minimum Gasteiger partial charge on any atom is -0.496 e. The molecule has 1 rings (SSSR count). The normalized spacial score (nSPS) is 11.6. The predicted molar refractivity (Wildman–Crippen MR) is 67.5 cm³/mol. The number of methoxy groups -OCH3 is 1. The van der Waals surface area contributed by atoms with Gasteiger partial charge in [-0.1, -0.05) is 6.08 Å². The van der Waals surface area contributed by atoms with Crippen molar-refractivity contribution < 1.29 is 9.66 Å². The van der Waals surface area contributed by atoms with Gasteiger partial charge in [0.25, 0.3) is 5.69 Å². The van der Waals surface area contributed by atoms with Crippen LogP contribution in [-0.4, -0.2) is 18.1 Å². The third kappa shape index (κ3) is 3.79. The summed E-state index contributed by atoms with van der Waals surface area (Å²) < 4.78 is 5.02. The first-order valence-electron chi connectivity index (χ1n) is 5.27. The second-order valence-corrected chi connectivity index (χ2v) is 3.75. The van der Waals surface area contributed by atoms with E-state index in [0.29, 0.717) is 11.4 Å². The number of nitro groups is 1. The molecule has 0 amide bonds. The van der Waals surface area contributed by atoms with E-state index in [1.165, 1.54) is 19.2 Å². The van der Waals surface area contributed by atoms with Crippen LogP contribution in [0, 0.1) is 10.1 Å². The monoisotopic (exact) mass is 236 g/mol. The van der Waals surface area contributed by atoms with Crippen LogP contribution in [0.4, 0.5) is 11.4 Å². The first kappa shape index (κ1) is 13.0. The number of hydrogen-bond acceptors (Lipinski definition) is 4. The topological polar surface area (TPSA) is 64.4 Å². The molecule has 0 bridgehead atoms. The minimum atomic E-state index is -0.439. The Balaban J connectivity index is 2.94. The van der Waals surface area contributed by atoms with Gasteiger partial charge in [-0.2, -0.15) is 0 Å². The average Bonchev–Trinajstić information content (AvgIpc) is 2.28. The summed E-state index contributed by atoms with van der Waals surface area (Å²) in [4.78, 5) is 10.3. The van der Waals surface area contributed by atoms with Gasteiger partial charge in [-0.3, -0.25) is 10.1 Å². The molecule has 0 aromatic heterocycles. The number of rotatable bonds is 6. The number of nitrogens with zero attached hydrogens (tertiary/aromatic N) is 1. The van der Waals surface area contributed by atoms with E-state index in [-0.39, 0.29) is 11.7 Å². The summed E-state index contributed by atoms with van der Waals surface area (Å²) in [7, 11) is 1.48. The van der Waals surface area contributed by atoms with Crippen molar-refractivity contribution in [3.63, 3.8) is 0 Å². The fourth-order valence-electron chi connectivity index (χ4n) is 1.48. The minimum absolute atomic E-state index is 0.0117. The van der Waals surface area contributed by atoms with Crippen LogP contribution in [0.1, 0.15) is 13.3 Å². The van der Waals surface area contributed by atoms with Gasteiger partial charge in [-0.15, -0.1) is 6.58 Å². The third-order valence-corrected chi connectivity index (χ3v) is 2.27. The predicted octanol–water partition coefficient (Wildman–Crippen LogP) is 2.98. The van der Waals surface area contributed by atoms with Crippen molar-refractivity contribution in [3.05, 3.63) is 41.0 Å². The molecule has 0 saturated carbocycles. The highest BCUT2D eigenvalue weighted by Crippen LogP contribution is 2.26. The second kappa shape index (κ2) is 5.89. The van der Waals surface area contributed by atoms with Crippen molar-refractivity contribution in [2.75, 3.05) is 12.4 Å². The van der Waals surface area contributed by atoms with Gasteiger partial charge in [0.1, 0.15) is 5.75 Å². The lowest BCUT2D eigenvalue weighted by Crippen LogP contribution is -2.13. The molecular weight excluding hydrogens is 220 g/mol. The molecule has 1 aromatic rings. The molecule has 5 nitrogen and oxygen atoms in total. The van der Waals surface area contributed by atoms with Crippen LogP contribution in [0.3, 0.4) is 0 Å². The molecule has 5 heteroatoms. The van der Waals surface area contributed by atoms with Crippen molar-refractivity contribution in [3.8, 4) is 5.75 Å². The Morgan fingerprint density at radius 2 is 2.29 bits per heavy atom. The molecular formula is C12H16N2O3. The molecule has 0 aliphatic carbocycles. The molecule has 0 spiro atoms. The standard InChI is InChI=1S/C12H16N2O3/c1-4-5-9(2)13-10-6-11(14(15)16)8-12(7-10)17-3/h4,6-9,13H,1,5H2,2-3H3. The van der Waals surface area contributed by atoms with E-state index in [4.69, 9.17) is 4.74 Å². The van der Waals surface area contributed by atoms with Gasteiger partial charge in [0.05, 0.1) is 18.1 Å². The maximum Gasteiger partial charge on any atom is 0.275 e. The van der Waals surface area contributed by atoms with Crippen molar-refractivity contribution in [1.82, 2.24) is 0 Å². The number of nitro benzene ring substituents is 1. The number of non-ortho nitro benzene ring substituents is 1. The first-order chi connectivity index (χ1) is 8.06. The van der Waals surface area contributed by atoms with E-state index in [0.717, 1.165) is 6.42 Å². The van der Waals surface area contributed by atoms with Crippen LogP contribution in [0.15, 0.2) is 30.9 Å². The molecule has 1 atom stereocenters. The zero-order chi connectivity index (χ0) is 12.8. The molecule has 0 fully saturated rings. The summed E-state index contributed by atoms with van der Waals surface area (Å²) in [5.41, 5.74) is 0.683. The molecule has 1 N–H and O–H groups in total.